The third kappa shape index (κ3) is 3.65. The fourth-order valence-electron chi connectivity index (χ4n) is 1.79. The minimum absolute atomic E-state index is 0.727. The van der Waals surface area contributed by atoms with Gasteiger partial charge < -0.3 is 10.1 Å². The maximum Gasteiger partial charge on any atom is 0.119 e. The Labute approximate surface area is 105 Å². The topological polar surface area (TPSA) is 21.3 Å². The van der Waals surface area contributed by atoms with Crippen molar-refractivity contribution < 1.29 is 4.74 Å². The first-order valence-corrected chi connectivity index (χ1v) is 6.51. The van der Waals surface area contributed by atoms with Crippen LogP contribution in [-0.4, -0.2) is 19.7 Å². The Morgan fingerprint density at radius 2 is 1.87 bits per heavy atom. The average Bonchev–Trinajstić information content (AvgIpc) is 2.30. The summed E-state index contributed by atoms with van der Waals surface area (Å²) in [5, 5.41) is 3.36. The van der Waals surface area contributed by atoms with Crippen LogP contribution in [0.4, 0.5) is 0 Å². The lowest BCUT2D eigenvalue weighted by Crippen LogP contribution is -2.30. The van der Waals surface area contributed by atoms with Crippen molar-refractivity contribution in [2.45, 2.75) is 12.8 Å². The number of piperidine rings is 1. The molecule has 82 valence electrons. The van der Waals surface area contributed by atoms with E-state index in [1.54, 1.807) is 0 Å². The summed E-state index contributed by atoms with van der Waals surface area (Å²) in [6, 6.07) is 8.25. The zero-order valence-electron chi connectivity index (χ0n) is 8.71. The summed E-state index contributed by atoms with van der Waals surface area (Å²) in [7, 11) is 0. The minimum Gasteiger partial charge on any atom is -0.493 e. The van der Waals surface area contributed by atoms with Crippen molar-refractivity contribution in [1.29, 1.82) is 0 Å². The van der Waals surface area contributed by atoms with Crippen molar-refractivity contribution in [1.82, 2.24) is 5.32 Å². The number of rotatable bonds is 3. The summed E-state index contributed by atoms with van der Waals surface area (Å²) >= 11 is 2.30. The third-order valence-electron chi connectivity index (χ3n) is 2.76. The molecule has 0 radical (unpaired) electrons. The normalized spacial score (nSPS) is 17.7. The molecule has 1 N–H and O–H groups in total. The molecular formula is C12H16INO. The van der Waals surface area contributed by atoms with Crippen molar-refractivity contribution in [3.8, 4) is 5.75 Å². The summed E-state index contributed by atoms with van der Waals surface area (Å²) < 4.78 is 7.02. The highest BCUT2D eigenvalue weighted by Gasteiger charge is 2.13. The molecule has 15 heavy (non-hydrogen) atoms. The Morgan fingerprint density at radius 1 is 1.20 bits per heavy atom. The Hall–Kier alpha value is -0.290. The summed E-state index contributed by atoms with van der Waals surface area (Å²) in [6.45, 7) is 3.14. The van der Waals surface area contributed by atoms with Gasteiger partial charge >= 0.3 is 0 Å². The summed E-state index contributed by atoms with van der Waals surface area (Å²) in [5.74, 6) is 1.72. The Balaban J connectivity index is 1.79. The molecule has 1 aliphatic heterocycles. The SMILES string of the molecule is Ic1ccc(OCC2CCNCC2)cc1. The molecule has 0 aliphatic carbocycles. The molecule has 0 unspecified atom stereocenters. The van der Waals surface area contributed by atoms with E-state index in [1.165, 1.54) is 16.4 Å². The van der Waals surface area contributed by atoms with Crippen LogP contribution in [0, 0.1) is 9.49 Å². The number of hydrogen-bond acceptors (Lipinski definition) is 2. The minimum atomic E-state index is 0.727. The number of hydrogen-bond donors (Lipinski definition) is 1. The van der Waals surface area contributed by atoms with Crippen molar-refractivity contribution >= 4 is 22.6 Å². The number of nitrogens with one attached hydrogen (secondary N) is 1. The number of benzene rings is 1. The fourth-order valence-corrected chi connectivity index (χ4v) is 2.15. The van der Waals surface area contributed by atoms with Crippen molar-refractivity contribution in [2.75, 3.05) is 19.7 Å². The van der Waals surface area contributed by atoms with Crippen molar-refractivity contribution in [3.63, 3.8) is 0 Å². The Bertz CT molecular complexity index is 293. The van der Waals surface area contributed by atoms with Crippen LogP contribution < -0.4 is 10.1 Å². The van der Waals surface area contributed by atoms with Crippen molar-refractivity contribution in [3.05, 3.63) is 27.8 Å². The highest BCUT2D eigenvalue weighted by Crippen LogP contribution is 2.17. The van der Waals surface area contributed by atoms with Gasteiger partial charge in [-0.3, -0.25) is 0 Å². The zero-order valence-corrected chi connectivity index (χ0v) is 10.9. The molecule has 1 aliphatic rings. The molecule has 1 aromatic carbocycles. The molecule has 3 heteroatoms. The molecule has 0 bridgehead atoms. The van der Waals surface area contributed by atoms with Gasteiger partial charge in [0, 0.05) is 3.57 Å². The highest BCUT2D eigenvalue weighted by molar-refractivity contribution is 14.1. The van der Waals surface area contributed by atoms with Gasteiger partial charge in [-0.15, -0.1) is 0 Å². The van der Waals surface area contributed by atoms with Gasteiger partial charge in [0.2, 0.25) is 0 Å². The van der Waals surface area contributed by atoms with Crippen LogP contribution in [0.5, 0.6) is 5.75 Å². The molecule has 0 saturated carbocycles. The molecule has 1 aromatic rings. The highest BCUT2D eigenvalue weighted by atomic mass is 127. The van der Waals surface area contributed by atoms with Gasteiger partial charge in [-0.1, -0.05) is 0 Å². The van der Waals surface area contributed by atoms with Crippen LogP contribution in [0.15, 0.2) is 24.3 Å². The fraction of sp³-hybridized carbons (Fsp3) is 0.500. The second-order valence-corrected chi connectivity index (χ2v) is 5.20. The van der Waals surface area contributed by atoms with E-state index in [2.05, 4.69) is 40.0 Å². The van der Waals surface area contributed by atoms with E-state index in [1.807, 2.05) is 12.1 Å². The van der Waals surface area contributed by atoms with Crippen LogP contribution in [-0.2, 0) is 0 Å². The molecule has 2 rings (SSSR count). The maximum absolute atomic E-state index is 5.77. The summed E-state index contributed by atoms with van der Waals surface area (Å²) in [6.07, 6.45) is 2.48. The van der Waals surface area contributed by atoms with E-state index in [0.717, 1.165) is 31.4 Å². The van der Waals surface area contributed by atoms with E-state index in [9.17, 15) is 0 Å². The van der Waals surface area contributed by atoms with Gasteiger partial charge in [0.15, 0.2) is 0 Å². The van der Waals surface area contributed by atoms with E-state index in [-0.39, 0.29) is 0 Å². The molecule has 0 spiro atoms. The maximum atomic E-state index is 5.77. The van der Waals surface area contributed by atoms with E-state index >= 15 is 0 Å². The molecule has 2 nitrogen and oxygen atoms in total. The van der Waals surface area contributed by atoms with Crippen LogP contribution in [0.1, 0.15) is 12.8 Å². The quantitative estimate of drug-likeness (QED) is 0.866. The van der Waals surface area contributed by atoms with Crippen molar-refractivity contribution in [2.24, 2.45) is 5.92 Å². The van der Waals surface area contributed by atoms with Crippen LogP contribution in [0.25, 0.3) is 0 Å². The number of halogens is 1. The molecule has 0 atom stereocenters. The Kier molecular flexibility index (Phi) is 4.26. The molecule has 1 saturated heterocycles. The second-order valence-electron chi connectivity index (χ2n) is 3.96. The molecular weight excluding hydrogens is 301 g/mol. The smallest absolute Gasteiger partial charge is 0.119 e. The predicted octanol–water partition coefficient (Wildman–Crippen LogP) is 2.67. The number of ether oxygens (including phenoxy) is 1. The first-order chi connectivity index (χ1) is 7.34. The van der Waals surface area contributed by atoms with E-state index in [4.69, 9.17) is 4.74 Å². The molecule has 0 amide bonds. The van der Waals surface area contributed by atoms with Gasteiger partial charge in [0.05, 0.1) is 6.61 Å². The van der Waals surface area contributed by atoms with Gasteiger partial charge in [-0.05, 0) is 78.7 Å². The largest absolute Gasteiger partial charge is 0.493 e. The van der Waals surface area contributed by atoms with Crippen LogP contribution in [0.3, 0.4) is 0 Å². The van der Waals surface area contributed by atoms with Gasteiger partial charge in [-0.2, -0.15) is 0 Å². The summed E-state index contributed by atoms with van der Waals surface area (Å²) in [5.41, 5.74) is 0. The predicted molar refractivity (Wildman–Crippen MR) is 70.2 cm³/mol. The van der Waals surface area contributed by atoms with Gasteiger partial charge in [0.25, 0.3) is 0 Å². The van der Waals surface area contributed by atoms with Crippen LogP contribution in [0.2, 0.25) is 0 Å². The Morgan fingerprint density at radius 3 is 2.53 bits per heavy atom. The molecule has 1 heterocycles. The van der Waals surface area contributed by atoms with E-state index < -0.39 is 0 Å². The third-order valence-corrected chi connectivity index (χ3v) is 3.48. The molecule has 0 aromatic heterocycles. The first kappa shape index (κ1) is 11.2. The standard InChI is InChI=1S/C12H16INO/c13-11-1-3-12(4-2-11)15-9-10-5-7-14-8-6-10/h1-4,10,14H,5-9H2. The lowest BCUT2D eigenvalue weighted by atomic mass is 9.99. The zero-order chi connectivity index (χ0) is 10.5. The van der Waals surface area contributed by atoms with Gasteiger partial charge in [-0.25, -0.2) is 0 Å². The van der Waals surface area contributed by atoms with Gasteiger partial charge in [0.1, 0.15) is 5.75 Å². The lowest BCUT2D eigenvalue weighted by Gasteiger charge is -2.22. The lowest BCUT2D eigenvalue weighted by molar-refractivity contribution is 0.215. The van der Waals surface area contributed by atoms with Crippen LogP contribution >= 0.6 is 22.6 Å². The first-order valence-electron chi connectivity index (χ1n) is 5.44. The monoisotopic (exact) mass is 317 g/mol. The molecule has 1 fully saturated rings. The second kappa shape index (κ2) is 5.70. The average molecular weight is 317 g/mol. The van der Waals surface area contributed by atoms with E-state index in [0.29, 0.717) is 0 Å². The summed E-state index contributed by atoms with van der Waals surface area (Å²) in [4.78, 5) is 0.